The van der Waals surface area contributed by atoms with Crippen LogP contribution in [0.1, 0.15) is 84.0 Å². The molecule has 0 aliphatic carbocycles. The molecule has 2 heteroatoms. The predicted molar refractivity (Wildman–Crippen MR) is 70.9 cm³/mol. The molecule has 98 valence electrons. The lowest BCUT2D eigenvalue weighted by atomic mass is 10.1. The highest BCUT2D eigenvalue weighted by Gasteiger charge is 1.92. The van der Waals surface area contributed by atoms with Crippen LogP contribution in [0.15, 0.2) is 0 Å². The zero-order valence-electron chi connectivity index (χ0n) is 11.1. The highest BCUT2D eigenvalue weighted by atomic mass is 16.5. The molecule has 0 amide bonds. The summed E-state index contributed by atoms with van der Waals surface area (Å²) >= 11 is 0. The lowest BCUT2D eigenvalue weighted by Gasteiger charge is -2.02. The van der Waals surface area contributed by atoms with Crippen molar-refractivity contribution in [1.29, 1.82) is 0 Å². The monoisotopic (exact) mass is 229 g/mol. The van der Waals surface area contributed by atoms with Gasteiger partial charge < -0.3 is 5.21 Å². The van der Waals surface area contributed by atoms with Gasteiger partial charge in [0, 0.05) is 6.54 Å². The van der Waals surface area contributed by atoms with E-state index in [1.807, 2.05) is 0 Å². The van der Waals surface area contributed by atoms with Gasteiger partial charge in [-0.2, -0.15) is 0 Å². The average Bonchev–Trinajstić information content (AvgIpc) is 2.31. The van der Waals surface area contributed by atoms with E-state index >= 15 is 0 Å². The molecule has 0 rings (SSSR count). The molecular weight excluding hydrogens is 198 g/mol. The Morgan fingerprint density at radius 1 is 0.625 bits per heavy atom. The summed E-state index contributed by atoms with van der Waals surface area (Å²) < 4.78 is 0. The minimum Gasteiger partial charge on any atom is -0.317 e. The van der Waals surface area contributed by atoms with Gasteiger partial charge in [-0.25, -0.2) is 5.48 Å². The third-order valence-corrected chi connectivity index (χ3v) is 3.14. The van der Waals surface area contributed by atoms with Gasteiger partial charge in [-0.1, -0.05) is 77.6 Å². The van der Waals surface area contributed by atoms with Crippen molar-refractivity contribution in [3.05, 3.63) is 0 Å². The van der Waals surface area contributed by atoms with E-state index in [1.54, 1.807) is 0 Å². The summed E-state index contributed by atoms with van der Waals surface area (Å²) in [4.78, 5) is 0. The van der Waals surface area contributed by atoms with Crippen molar-refractivity contribution in [1.82, 2.24) is 5.48 Å². The molecule has 2 nitrogen and oxygen atoms in total. The van der Waals surface area contributed by atoms with Gasteiger partial charge in [0.15, 0.2) is 0 Å². The number of nitrogens with one attached hydrogen (secondary N) is 1. The van der Waals surface area contributed by atoms with Gasteiger partial charge >= 0.3 is 0 Å². The van der Waals surface area contributed by atoms with Crippen LogP contribution in [0.25, 0.3) is 0 Å². The minimum absolute atomic E-state index is 0.747. The number of rotatable bonds is 13. The van der Waals surface area contributed by atoms with Crippen molar-refractivity contribution in [3.8, 4) is 0 Å². The van der Waals surface area contributed by atoms with E-state index in [2.05, 4.69) is 12.4 Å². The third-order valence-electron chi connectivity index (χ3n) is 3.14. The SMILES string of the molecule is CCCCCCCCCCCCCCNO. The Labute approximate surface area is 102 Å². The van der Waals surface area contributed by atoms with Gasteiger partial charge in [0.05, 0.1) is 0 Å². The molecule has 0 unspecified atom stereocenters. The highest BCUT2D eigenvalue weighted by molar-refractivity contribution is 4.48. The van der Waals surface area contributed by atoms with Crippen molar-refractivity contribution < 1.29 is 5.21 Å². The second-order valence-corrected chi connectivity index (χ2v) is 4.80. The van der Waals surface area contributed by atoms with Gasteiger partial charge in [0.2, 0.25) is 0 Å². The summed E-state index contributed by atoms with van der Waals surface area (Å²) in [7, 11) is 0. The van der Waals surface area contributed by atoms with Crippen LogP contribution in [-0.4, -0.2) is 11.8 Å². The van der Waals surface area contributed by atoms with E-state index < -0.39 is 0 Å². The fourth-order valence-corrected chi connectivity index (χ4v) is 2.05. The number of unbranched alkanes of at least 4 members (excludes halogenated alkanes) is 11. The summed E-state index contributed by atoms with van der Waals surface area (Å²) in [5.74, 6) is 0. The van der Waals surface area contributed by atoms with Crippen LogP contribution in [0.3, 0.4) is 0 Å². The van der Waals surface area contributed by atoms with Crippen LogP contribution < -0.4 is 5.48 Å². The summed E-state index contributed by atoms with van der Waals surface area (Å²) in [5, 5.41) is 8.38. The molecule has 0 aromatic carbocycles. The van der Waals surface area contributed by atoms with Crippen LogP contribution in [0.5, 0.6) is 0 Å². The van der Waals surface area contributed by atoms with Crippen molar-refractivity contribution >= 4 is 0 Å². The van der Waals surface area contributed by atoms with Gasteiger partial charge in [0.1, 0.15) is 0 Å². The molecule has 0 radical (unpaired) electrons. The standard InChI is InChI=1S/C14H31NO/c1-2-3-4-5-6-7-8-9-10-11-12-13-14-15-16/h15-16H,2-14H2,1H3. The Morgan fingerprint density at radius 3 is 1.38 bits per heavy atom. The van der Waals surface area contributed by atoms with E-state index in [-0.39, 0.29) is 0 Å². The molecule has 0 saturated carbocycles. The minimum atomic E-state index is 0.747. The van der Waals surface area contributed by atoms with E-state index in [0.717, 1.165) is 13.0 Å². The van der Waals surface area contributed by atoms with Crippen LogP contribution in [0.2, 0.25) is 0 Å². The van der Waals surface area contributed by atoms with Crippen molar-refractivity contribution in [2.75, 3.05) is 6.54 Å². The second-order valence-electron chi connectivity index (χ2n) is 4.80. The van der Waals surface area contributed by atoms with E-state index in [4.69, 9.17) is 5.21 Å². The molecule has 0 bridgehead atoms. The first kappa shape index (κ1) is 15.9. The van der Waals surface area contributed by atoms with Gasteiger partial charge in [-0.3, -0.25) is 0 Å². The zero-order valence-corrected chi connectivity index (χ0v) is 11.1. The van der Waals surface area contributed by atoms with Crippen molar-refractivity contribution in [3.63, 3.8) is 0 Å². The topological polar surface area (TPSA) is 32.3 Å². The first-order chi connectivity index (χ1) is 7.91. The molecule has 0 aromatic rings. The summed E-state index contributed by atoms with van der Waals surface area (Å²) in [5.41, 5.74) is 2.20. The smallest absolute Gasteiger partial charge is 0.0207 e. The maximum absolute atomic E-state index is 8.38. The largest absolute Gasteiger partial charge is 0.317 e. The highest BCUT2D eigenvalue weighted by Crippen LogP contribution is 2.11. The first-order valence-electron chi connectivity index (χ1n) is 7.28. The van der Waals surface area contributed by atoms with E-state index in [1.165, 1.54) is 70.6 Å². The lowest BCUT2D eigenvalue weighted by Crippen LogP contribution is -2.07. The molecule has 16 heavy (non-hydrogen) atoms. The molecule has 0 fully saturated rings. The summed E-state index contributed by atoms with van der Waals surface area (Å²) in [6.45, 7) is 3.02. The van der Waals surface area contributed by atoms with Gasteiger partial charge in [-0.05, 0) is 6.42 Å². The molecule has 0 spiro atoms. The van der Waals surface area contributed by atoms with Crippen molar-refractivity contribution in [2.45, 2.75) is 84.0 Å². The van der Waals surface area contributed by atoms with Crippen molar-refractivity contribution in [2.24, 2.45) is 0 Å². The van der Waals surface area contributed by atoms with Crippen LogP contribution in [-0.2, 0) is 0 Å². The van der Waals surface area contributed by atoms with E-state index in [9.17, 15) is 0 Å². The fraction of sp³-hybridized carbons (Fsp3) is 1.00. The molecule has 0 aromatic heterocycles. The molecule has 2 N–H and O–H groups in total. The second kappa shape index (κ2) is 14.9. The normalized spacial score (nSPS) is 10.9. The summed E-state index contributed by atoms with van der Waals surface area (Å²) in [6.07, 6.45) is 16.4. The van der Waals surface area contributed by atoms with Crippen LogP contribution in [0.4, 0.5) is 0 Å². The predicted octanol–water partition coefficient (Wildman–Crippen LogP) is 4.67. The number of hydrogen-bond acceptors (Lipinski definition) is 2. The maximum atomic E-state index is 8.38. The zero-order chi connectivity index (χ0) is 11.9. The van der Waals surface area contributed by atoms with Crippen LogP contribution in [0, 0.1) is 0 Å². The number of hydroxylamine groups is 1. The quantitative estimate of drug-likeness (QED) is 0.355. The Morgan fingerprint density at radius 2 is 1.00 bits per heavy atom. The lowest BCUT2D eigenvalue weighted by molar-refractivity contribution is 0.164. The van der Waals surface area contributed by atoms with Gasteiger partial charge in [-0.15, -0.1) is 0 Å². The average molecular weight is 229 g/mol. The number of hydrogen-bond donors (Lipinski definition) is 2. The molecule has 0 aliphatic rings. The molecule has 0 atom stereocenters. The molecule has 0 saturated heterocycles. The Balaban J connectivity index is 2.83. The van der Waals surface area contributed by atoms with Gasteiger partial charge in [0.25, 0.3) is 0 Å². The van der Waals surface area contributed by atoms with E-state index in [0.29, 0.717) is 0 Å². The van der Waals surface area contributed by atoms with Crippen LogP contribution >= 0.6 is 0 Å². The molecule has 0 heterocycles. The third kappa shape index (κ3) is 13.9. The summed E-state index contributed by atoms with van der Waals surface area (Å²) in [6, 6.07) is 0. The maximum Gasteiger partial charge on any atom is 0.0207 e. The fourth-order valence-electron chi connectivity index (χ4n) is 2.05. The Bertz CT molecular complexity index is 103. The molecular formula is C14H31NO. The Kier molecular flexibility index (Phi) is 14.8. The molecule has 0 aliphatic heterocycles. The Hall–Kier alpha value is -0.0800. The first-order valence-corrected chi connectivity index (χ1v) is 7.28.